The smallest absolute Gasteiger partial charge is 0.300 e. The number of hydrogen-bond donors (Lipinski definition) is 1. The number of carbonyl (C=O) groups excluding carboxylic acids is 2. The standard InChI is InChI=1S/C33H37NO6/c1-20(2)19-40-24-14-12-23(13-15-24)34-29(21-9-8-10-25(17-21)38-6)28(31(36)32(34)37)30(35)26-18-22(33(3,4)5)11-16-27(26)39-7/h8-18,20,29,35H,19H2,1-7H3/b30-28+. The second-order valence-corrected chi connectivity index (χ2v) is 11.3. The van der Waals surface area contributed by atoms with Crippen LogP contribution in [0.4, 0.5) is 5.69 Å². The van der Waals surface area contributed by atoms with Crippen LogP contribution in [0.2, 0.25) is 0 Å². The molecule has 0 radical (unpaired) electrons. The van der Waals surface area contributed by atoms with Crippen molar-refractivity contribution in [1.82, 2.24) is 0 Å². The summed E-state index contributed by atoms with van der Waals surface area (Å²) < 4.78 is 16.8. The van der Waals surface area contributed by atoms with Crippen LogP contribution in [0.3, 0.4) is 0 Å². The van der Waals surface area contributed by atoms with Gasteiger partial charge in [-0.15, -0.1) is 0 Å². The molecular weight excluding hydrogens is 506 g/mol. The third kappa shape index (κ3) is 5.69. The first-order valence-corrected chi connectivity index (χ1v) is 13.3. The van der Waals surface area contributed by atoms with E-state index in [1.165, 1.54) is 12.0 Å². The number of amides is 1. The zero-order valence-corrected chi connectivity index (χ0v) is 24.1. The van der Waals surface area contributed by atoms with Crippen molar-refractivity contribution in [2.24, 2.45) is 5.92 Å². The van der Waals surface area contributed by atoms with Crippen molar-refractivity contribution < 1.29 is 28.9 Å². The molecule has 1 heterocycles. The van der Waals surface area contributed by atoms with Gasteiger partial charge in [0.15, 0.2) is 0 Å². The number of hydrogen-bond acceptors (Lipinski definition) is 6. The number of aliphatic hydroxyl groups excluding tert-OH is 1. The Morgan fingerprint density at radius 2 is 1.62 bits per heavy atom. The van der Waals surface area contributed by atoms with E-state index in [9.17, 15) is 14.7 Å². The maximum atomic E-state index is 13.7. The highest BCUT2D eigenvalue weighted by Gasteiger charge is 2.47. The summed E-state index contributed by atoms with van der Waals surface area (Å²) in [6.45, 7) is 10.9. The van der Waals surface area contributed by atoms with E-state index in [4.69, 9.17) is 14.2 Å². The maximum absolute atomic E-state index is 13.7. The molecule has 1 aliphatic heterocycles. The summed E-state index contributed by atoms with van der Waals surface area (Å²) in [6, 6.07) is 18.8. The van der Waals surface area contributed by atoms with Crippen molar-refractivity contribution in [2.75, 3.05) is 25.7 Å². The van der Waals surface area contributed by atoms with E-state index in [0.717, 1.165) is 5.56 Å². The molecule has 1 fully saturated rings. The highest BCUT2D eigenvalue weighted by Crippen LogP contribution is 2.44. The van der Waals surface area contributed by atoms with E-state index < -0.39 is 17.7 Å². The summed E-state index contributed by atoms with van der Waals surface area (Å²) >= 11 is 0. The number of nitrogens with zero attached hydrogens (tertiary/aromatic N) is 1. The lowest BCUT2D eigenvalue weighted by atomic mass is 9.85. The van der Waals surface area contributed by atoms with Gasteiger partial charge in [-0.1, -0.05) is 52.8 Å². The quantitative estimate of drug-likeness (QED) is 0.194. The van der Waals surface area contributed by atoms with E-state index in [-0.39, 0.29) is 16.7 Å². The summed E-state index contributed by atoms with van der Waals surface area (Å²) in [5.41, 5.74) is 2.16. The number of carbonyl (C=O) groups is 2. The number of methoxy groups -OCH3 is 2. The molecule has 0 bridgehead atoms. The number of aliphatic hydroxyl groups is 1. The average molecular weight is 544 g/mol. The summed E-state index contributed by atoms with van der Waals surface area (Å²) in [4.78, 5) is 28.7. The first-order chi connectivity index (χ1) is 19.0. The average Bonchev–Trinajstić information content (AvgIpc) is 3.20. The number of Topliss-reactive ketones (excluding diaryl/α,β-unsaturated/α-hetero) is 1. The minimum Gasteiger partial charge on any atom is -0.507 e. The second-order valence-electron chi connectivity index (χ2n) is 11.3. The molecule has 0 aromatic heterocycles. The molecule has 0 spiro atoms. The molecule has 0 saturated carbocycles. The Kier molecular flexibility index (Phi) is 8.24. The van der Waals surface area contributed by atoms with Crippen LogP contribution in [0.15, 0.2) is 72.3 Å². The molecule has 0 aliphatic carbocycles. The van der Waals surface area contributed by atoms with E-state index in [2.05, 4.69) is 34.6 Å². The topological polar surface area (TPSA) is 85.3 Å². The van der Waals surface area contributed by atoms with Gasteiger partial charge in [0.05, 0.1) is 38.0 Å². The van der Waals surface area contributed by atoms with E-state index in [1.54, 1.807) is 55.6 Å². The number of ketones is 1. The normalized spacial score (nSPS) is 16.9. The predicted molar refractivity (Wildman–Crippen MR) is 156 cm³/mol. The van der Waals surface area contributed by atoms with Gasteiger partial charge in [0, 0.05) is 5.69 Å². The Morgan fingerprint density at radius 3 is 2.23 bits per heavy atom. The fraction of sp³-hybridized carbons (Fsp3) is 0.333. The first-order valence-electron chi connectivity index (χ1n) is 13.3. The van der Waals surface area contributed by atoms with Crippen LogP contribution in [0, 0.1) is 5.92 Å². The molecule has 1 atom stereocenters. The van der Waals surface area contributed by atoms with Crippen molar-refractivity contribution in [3.05, 3.63) is 89.0 Å². The molecule has 40 heavy (non-hydrogen) atoms. The van der Waals surface area contributed by atoms with E-state index in [0.29, 0.717) is 46.6 Å². The molecule has 7 nitrogen and oxygen atoms in total. The predicted octanol–water partition coefficient (Wildman–Crippen LogP) is 6.66. The molecule has 1 N–H and O–H groups in total. The van der Waals surface area contributed by atoms with Crippen LogP contribution in [-0.4, -0.2) is 37.6 Å². The summed E-state index contributed by atoms with van der Waals surface area (Å²) in [5, 5.41) is 11.7. The molecular formula is C33H37NO6. The SMILES string of the molecule is COc1cccc(C2/C(=C(\O)c3cc(C(C)(C)C)ccc3OC)C(=O)C(=O)N2c2ccc(OCC(C)C)cc2)c1. The van der Waals surface area contributed by atoms with E-state index >= 15 is 0 Å². The molecule has 7 heteroatoms. The van der Waals surface area contributed by atoms with Crippen LogP contribution < -0.4 is 19.1 Å². The zero-order valence-electron chi connectivity index (χ0n) is 24.1. The summed E-state index contributed by atoms with van der Waals surface area (Å²) in [5.74, 6) is 0.161. The Balaban J connectivity index is 1.91. The number of anilines is 1. The molecule has 210 valence electrons. The van der Waals surface area contributed by atoms with Gasteiger partial charge >= 0.3 is 0 Å². The van der Waals surface area contributed by atoms with Crippen LogP contribution >= 0.6 is 0 Å². The number of rotatable bonds is 8. The monoisotopic (exact) mass is 543 g/mol. The lowest BCUT2D eigenvalue weighted by molar-refractivity contribution is -0.132. The zero-order chi connectivity index (χ0) is 29.2. The Bertz CT molecular complexity index is 1430. The van der Waals surface area contributed by atoms with E-state index in [1.807, 2.05) is 18.2 Å². The van der Waals surface area contributed by atoms with Crippen LogP contribution in [-0.2, 0) is 15.0 Å². The fourth-order valence-electron chi connectivity index (χ4n) is 4.70. The largest absolute Gasteiger partial charge is 0.507 e. The lowest BCUT2D eigenvalue weighted by Crippen LogP contribution is -2.29. The van der Waals surface area contributed by atoms with Gasteiger partial charge in [-0.25, -0.2) is 0 Å². The van der Waals surface area contributed by atoms with Crippen LogP contribution in [0.25, 0.3) is 5.76 Å². The summed E-state index contributed by atoms with van der Waals surface area (Å²) in [6.07, 6.45) is 0. The Hall–Kier alpha value is -4.26. The van der Waals surface area contributed by atoms with Gasteiger partial charge in [0.25, 0.3) is 11.7 Å². The van der Waals surface area contributed by atoms with Crippen molar-refractivity contribution in [3.63, 3.8) is 0 Å². The highest BCUT2D eigenvalue weighted by molar-refractivity contribution is 6.51. The fourth-order valence-corrected chi connectivity index (χ4v) is 4.70. The van der Waals surface area contributed by atoms with Crippen molar-refractivity contribution in [2.45, 2.75) is 46.1 Å². The minimum atomic E-state index is -0.902. The molecule has 3 aromatic rings. The molecule has 1 aliphatic rings. The molecule has 1 unspecified atom stereocenters. The van der Waals surface area contributed by atoms with Crippen LogP contribution in [0.5, 0.6) is 17.2 Å². The molecule has 4 rings (SSSR count). The highest BCUT2D eigenvalue weighted by atomic mass is 16.5. The maximum Gasteiger partial charge on any atom is 0.300 e. The van der Waals surface area contributed by atoms with Crippen molar-refractivity contribution in [3.8, 4) is 17.2 Å². The number of ether oxygens (including phenoxy) is 3. The third-order valence-corrected chi connectivity index (χ3v) is 6.87. The second kappa shape index (κ2) is 11.5. The minimum absolute atomic E-state index is 0.0252. The first kappa shape index (κ1) is 28.7. The van der Waals surface area contributed by atoms with Crippen molar-refractivity contribution in [1.29, 1.82) is 0 Å². The number of benzene rings is 3. The van der Waals surface area contributed by atoms with Gasteiger partial charge in [0.1, 0.15) is 23.0 Å². The third-order valence-electron chi connectivity index (χ3n) is 6.87. The van der Waals surface area contributed by atoms with Crippen LogP contribution in [0.1, 0.15) is 57.4 Å². The lowest BCUT2D eigenvalue weighted by Gasteiger charge is -2.26. The van der Waals surface area contributed by atoms with Gasteiger partial charge in [-0.2, -0.15) is 0 Å². The Morgan fingerprint density at radius 1 is 0.925 bits per heavy atom. The van der Waals surface area contributed by atoms with Gasteiger partial charge in [0.2, 0.25) is 0 Å². The van der Waals surface area contributed by atoms with Gasteiger partial charge in [-0.3, -0.25) is 14.5 Å². The Labute approximate surface area is 236 Å². The molecule has 3 aromatic carbocycles. The van der Waals surface area contributed by atoms with Gasteiger partial charge in [-0.05, 0) is 71.0 Å². The van der Waals surface area contributed by atoms with Crippen molar-refractivity contribution >= 4 is 23.1 Å². The summed E-state index contributed by atoms with van der Waals surface area (Å²) in [7, 11) is 3.05. The molecule has 1 amide bonds. The van der Waals surface area contributed by atoms with Gasteiger partial charge < -0.3 is 19.3 Å². The molecule has 1 saturated heterocycles.